The number of thiazole rings is 1. The minimum Gasteiger partial charge on any atom is -0.462 e. The maximum atomic E-state index is 13.5. The Balaban J connectivity index is 1.94. The zero-order chi connectivity index (χ0) is 23.3. The van der Waals surface area contributed by atoms with E-state index in [1.54, 1.807) is 41.8 Å². The van der Waals surface area contributed by atoms with Gasteiger partial charge >= 0.3 is 5.97 Å². The van der Waals surface area contributed by atoms with E-state index in [4.69, 9.17) is 16.3 Å². The standard InChI is InChI=1S/C23H28ClN3O4S/c1-4-6-7-12-27(23-25-15(3)20(32-23)22(30)31-5-2)21(29)16-10-11-17(24)18(14-16)26-13-8-9-19(26)28/h10-11,14H,4-9,12-13H2,1-3H3. The van der Waals surface area contributed by atoms with Crippen LogP contribution in [0.5, 0.6) is 0 Å². The lowest BCUT2D eigenvalue weighted by Crippen LogP contribution is -2.32. The molecule has 1 saturated heterocycles. The van der Waals surface area contributed by atoms with Crippen molar-refractivity contribution in [3.63, 3.8) is 0 Å². The molecule has 0 spiro atoms. The zero-order valence-corrected chi connectivity index (χ0v) is 20.2. The second-order valence-corrected chi connectivity index (χ2v) is 9.00. The minimum absolute atomic E-state index is 0.00549. The van der Waals surface area contributed by atoms with Crippen molar-refractivity contribution in [3.8, 4) is 0 Å². The van der Waals surface area contributed by atoms with Crippen LogP contribution >= 0.6 is 22.9 Å². The van der Waals surface area contributed by atoms with Crippen LogP contribution in [0.3, 0.4) is 0 Å². The number of aromatic nitrogens is 1. The van der Waals surface area contributed by atoms with E-state index in [1.807, 2.05) is 0 Å². The molecule has 1 aromatic heterocycles. The van der Waals surface area contributed by atoms with Gasteiger partial charge in [-0.25, -0.2) is 9.78 Å². The first-order valence-corrected chi connectivity index (χ1v) is 12.1. The second kappa shape index (κ2) is 10.9. The summed E-state index contributed by atoms with van der Waals surface area (Å²) in [5.74, 6) is -0.670. The molecule has 7 nitrogen and oxygen atoms in total. The Morgan fingerprint density at radius 1 is 1.28 bits per heavy atom. The molecular weight excluding hydrogens is 450 g/mol. The molecule has 0 N–H and O–H groups in total. The van der Waals surface area contributed by atoms with Crippen molar-refractivity contribution in [2.45, 2.75) is 52.9 Å². The first-order chi connectivity index (χ1) is 15.4. The molecule has 0 radical (unpaired) electrons. The van der Waals surface area contributed by atoms with Crippen molar-refractivity contribution in [3.05, 3.63) is 39.4 Å². The van der Waals surface area contributed by atoms with Crippen molar-refractivity contribution in [1.82, 2.24) is 4.98 Å². The van der Waals surface area contributed by atoms with Crippen molar-refractivity contribution in [1.29, 1.82) is 0 Å². The largest absolute Gasteiger partial charge is 0.462 e. The van der Waals surface area contributed by atoms with Gasteiger partial charge in [0.2, 0.25) is 5.91 Å². The fraction of sp³-hybridized carbons (Fsp3) is 0.478. The molecule has 0 bridgehead atoms. The third-order valence-electron chi connectivity index (χ3n) is 5.26. The van der Waals surface area contributed by atoms with Crippen LogP contribution < -0.4 is 9.80 Å². The fourth-order valence-corrected chi connectivity index (χ4v) is 4.80. The highest BCUT2D eigenvalue weighted by atomic mass is 35.5. The number of aryl methyl sites for hydroxylation is 1. The molecule has 0 saturated carbocycles. The number of benzene rings is 1. The van der Waals surface area contributed by atoms with Crippen LogP contribution in [-0.2, 0) is 9.53 Å². The number of hydrogen-bond acceptors (Lipinski definition) is 6. The van der Waals surface area contributed by atoms with E-state index in [0.29, 0.717) is 51.5 Å². The molecule has 0 unspecified atom stereocenters. The summed E-state index contributed by atoms with van der Waals surface area (Å²) < 4.78 is 5.12. The Labute approximate surface area is 197 Å². The lowest BCUT2D eigenvalue weighted by molar-refractivity contribution is -0.117. The van der Waals surface area contributed by atoms with Gasteiger partial charge in [0.05, 0.1) is 23.0 Å². The molecule has 0 aliphatic carbocycles. The zero-order valence-electron chi connectivity index (χ0n) is 18.6. The molecule has 1 aromatic carbocycles. The van der Waals surface area contributed by atoms with E-state index >= 15 is 0 Å². The molecule has 1 fully saturated rings. The van der Waals surface area contributed by atoms with Gasteiger partial charge in [0.15, 0.2) is 5.13 Å². The second-order valence-electron chi connectivity index (χ2n) is 7.61. The average Bonchev–Trinajstić information content (AvgIpc) is 3.37. The number of carbonyl (C=O) groups is 3. The molecular formula is C23H28ClN3O4S. The topological polar surface area (TPSA) is 79.8 Å². The monoisotopic (exact) mass is 477 g/mol. The smallest absolute Gasteiger partial charge is 0.350 e. The van der Waals surface area contributed by atoms with Gasteiger partial charge in [-0.2, -0.15) is 0 Å². The summed E-state index contributed by atoms with van der Waals surface area (Å²) >= 11 is 7.51. The first kappa shape index (κ1) is 24.2. The Morgan fingerprint density at radius 2 is 2.06 bits per heavy atom. The van der Waals surface area contributed by atoms with Crippen molar-refractivity contribution in [2.75, 3.05) is 29.5 Å². The third-order valence-corrected chi connectivity index (χ3v) is 6.74. The molecule has 2 heterocycles. The number of halogens is 1. The summed E-state index contributed by atoms with van der Waals surface area (Å²) in [6.07, 6.45) is 4.03. The van der Waals surface area contributed by atoms with Gasteiger partial charge in [0.1, 0.15) is 4.88 Å². The molecule has 3 rings (SSSR count). The highest BCUT2D eigenvalue weighted by molar-refractivity contribution is 7.17. The first-order valence-electron chi connectivity index (χ1n) is 10.9. The van der Waals surface area contributed by atoms with Crippen molar-refractivity contribution >= 4 is 51.5 Å². The number of hydrogen-bond donors (Lipinski definition) is 0. The Bertz CT molecular complexity index is 1010. The van der Waals surface area contributed by atoms with Crippen LogP contribution in [-0.4, -0.2) is 42.5 Å². The van der Waals surface area contributed by atoms with Gasteiger partial charge in [-0.05, 0) is 44.9 Å². The number of rotatable bonds is 9. The molecule has 32 heavy (non-hydrogen) atoms. The van der Waals surface area contributed by atoms with Gasteiger partial charge in [-0.15, -0.1) is 0 Å². The van der Waals surface area contributed by atoms with E-state index < -0.39 is 5.97 Å². The van der Waals surface area contributed by atoms with Gasteiger partial charge in [0.25, 0.3) is 5.91 Å². The average molecular weight is 478 g/mol. The number of nitrogens with zero attached hydrogens (tertiary/aromatic N) is 3. The van der Waals surface area contributed by atoms with Crippen LogP contribution in [0.4, 0.5) is 10.8 Å². The Morgan fingerprint density at radius 3 is 2.72 bits per heavy atom. The van der Waals surface area contributed by atoms with Crippen molar-refractivity contribution < 1.29 is 19.1 Å². The summed E-state index contributed by atoms with van der Waals surface area (Å²) in [6, 6.07) is 4.98. The van der Waals surface area contributed by atoms with Crippen LogP contribution in [0, 0.1) is 6.92 Å². The number of unbranched alkanes of at least 4 members (excludes halogenated alkanes) is 2. The van der Waals surface area contributed by atoms with E-state index in [0.717, 1.165) is 37.0 Å². The van der Waals surface area contributed by atoms with E-state index in [1.165, 1.54) is 0 Å². The number of ether oxygens (including phenoxy) is 1. The molecule has 0 atom stereocenters. The summed E-state index contributed by atoms with van der Waals surface area (Å²) in [4.78, 5) is 46.2. The number of esters is 1. The number of amides is 2. The normalized spacial score (nSPS) is 13.5. The Hall–Kier alpha value is -2.45. The van der Waals surface area contributed by atoms with Crippen molar-refractivity contribution in [2.24, 2.45) is 0 Å². The quantitative estimate of drug-likeness (QED) is 0.364. The van der Waals surface area contributed by atoms with Gasteiger partial charge < -0.3 is 9.64 Å². The lowest BCUT2D eigenvalue weighted by Gasteiger charge is -2.22. The van der Waals surface area contributed by atoms with E-state index in [9.17, 15) is 14.4 Å². The maximum Gasteiger partial charge on any atom is 0.350 e. The van der Waals surface area contributed by atoms with Gasteiger partial charge in [-0.3, -0.25) is 14.5 Å². The van der Waals surface area contributed by atoms with E-state index in [-0.39, 0.29) is 18.4 Å². The lowest BCUT2D eigenvalue weighted by atomic mass is 10.1. The molecule has 172 valence electrons. The van der Waals surface area contributed by atoms with Gasteiger partial charge in [0, 0.05) is 25.1 Å². The number of carbonyl (C=O) groups excluding carboxylic acids is 3. The SMILES string of the molecule is CCCCCN(C(=O)c1ccc(Cl)c(N2CCCC2=O)c1)c1nc(C)c(C(=O)OCC)s1. The summed E-state index contributed by atoms with van der Waals surface area (Å²) in [5.41, 5.74) is 1.51. The van der Waals surface area contributed by atoms with Crippen LogP contribution in [0.15, 0.2) is 18.2 Å². The predicted molar refractivity (Wildman–Crippen MR) is 127 cm³/mol. The van der Waals surface area contributed by atoms with Crippen LogP contribution in [0.2, 0.25) is 5.02 Å². The summed E-state index contributed by atoms with van der Waals surface area (Å²) in [7, 11) is 0. The number of anilines is 2. The fourth-order valence-electron chi connectivity index (χ4n) is 3.60. The summed E-state index contributed by atoms with van der Waals surface area (Å²) in [6.45, 7) is 6.91. The van der Waals surface area contributed by atoms with Gasteiger partial charge in [-0.1, -0.05) is 42.7 Å². The molecule has 9 heteroatoms. The molecule has 2 aromatic rings. The highest BCUT2D eigenvalue weighted by Crippen LogP contribution is 2.33. The Kier molecular flexibility index (Phi) is 8.26. The molecule has 1 aliphatic heterocycles. The van der Waals surface area contributed by atoms with Crippen LogP contribution in [0.25, 0.3) is 0 Å². The summed E-state index contributed by atoms with van der Waals surface area (Å²) in [5, 5.41) is 0.893. The predicted octanol–water partition coefficient (Wildman–Crippen LogP) is 5.25. The minimum atomic E-state index is -0.434. The van der Waals surface area contributed by atoms with Crippen LogP contribution in [0.1, 0.15) is 71.7 Å². The maximum absolute atomic E-state index is 13.5. The third kappa shape index (κ3) is 5.30. The molecule has 2 amide bonds. The highest BCUT2D eigenvalue weighted by Gasteiger charge is 2.28. The molecule has 1 aliphatic rings. The van der Waals surface area contributed by atoms with E-state index in [2.05, 4.69) is 11.9 Å².